The Morgan fingerprint density at radius 3 is 1.74 bits per heavy atom. The topological polar surface area (TPSA) is 65.0 Å². The molecule has 0 atom stereocenters. The van der Waals surface area contributed by atoms with Crippen molar-refractivity contribution in [2.45, 2.75) is 47.5 Å². The van der Waals surface area contributed by atoms with E-state index in [2.05, 4.69) is 0 Å². The Kier molecular flexibility index (Phi) is 16.7. The van der Waals surface area contributed by atoms with Gasteiger partial charge >= 0.3 is 15.5 Å². The van der Waals surface area contributed by atoms with Gasteiger partial charge in [-0.15, -0.1) is 0 Å². The highest BCUT2D eigenvalue weighted by molar-refractivity contribution is 6.36. The van der Waals surface area contributed by atoms with Gasteiger partial charge in [-0.2, -0.15) is 0 Å². The van der Waals surface area contributed by atoms with Gasteiger partial charge in [0.15, 0.2) is 0 Å². The van der Waals surface area contributed by atoms with Crippen LogP contribution >= 0.6 is 0 Å². The SMILES string of the molecule is CCCC=C(C)C(=O)O.CCO[SiH](OCC)OCC. The minimum atomic E-state index is -1.73. The summed E-state index contributed by atoms with van der Waals surface area (Å²) in [5.41, 5.74) is 0.442. The first kappa shape index (κ1) is 20.6. The van der Waals surface area contributed by atoms with E-state index in [0.717, 1.165) is 12.8 Å². The van der Waals surface area contributed by atoms with Gasteiger partial charge in [-0.3, -0.25) is 0 Å². The van der Waals surface area contributed by atoms with Crippen molar-refractivity contribution >= 4 is 15.5 Å². The van der Waals surface area contributed by atoms with Crippen molar-refractivity contribution in [3.05, 3.63) is 11.6 Å². The predicted molar refractivity (Wildman–Crippen MR) is 78.3 cm³/mol. The second-order valence-electron chi connectivity index (χ2n) is 3.64. The average molecular weight is 292 g/mol. The van der Waals surface area contributed by atoms with Crippen LogP contribution in [0.25, 0.3) is 0 Å². The Balaban J connectivity index is 0. The maximum absolute atomic E-state index is 10.1. The minimum Gasteiger partial charge on any atom is -0.478 e. The highest BCUT2D eigenvalue weighted by Gasteiger charge is 2.11. The molecule has 0 saturated carbocycles. The second kappa shape index (κ2) is 15.4. The first-order chi connectivity index (χ1) is 9.03. The molecule has 0 aliphatic carbocycles. The van der Waals surface area contributed by atoms with Gasteiger partial charge in [-0.25, -0.2) is 4.79 Å². The fourth-order valence-electron chi connectivity index (χ4n) is 1.00. The third-order valence-electron chi connectivity index (χ3n) is 1.98. The molecule has 0 amide bonds. The summed E-state index contributed by atoms with van der Waals surface area (Å²) in [6.45, 7) is 11.5. The van der Waals surface area contributed by atoms with Crippen LogP contribution in [0.5, 0.6) is 0 Å². The number of hydrogen-bond acceptors (Lipinski definition) is 4. The Morgan fingerprint density at radius 1 is 1.05 bits per heavy atom. The lowest BCUT2D eigenvalue weighted by Gasteiger charge is -2.12. The number of allylic oxidation sites excluding steroid dienone is 1. The number of carboxylic acids is 1. The molecule has 0 rings (SSSR count). The van der Waals surface area contributed by atoms with Crippen molar-refractivity contribution in [2.24, 2.45) is 0 Å². The molecule has 0 aliphatic heterocycles. The summed E-state index contributed by atoms with van der Waals surface area (Å²) < 4.78 is 15.7. The van der Waals surface area contributed by atoms with Gasteiger partial charge in [0.2, 0.25) is 0 Å². The van der Waals surface area contributed by atoms with Crippen LogP contribution in [0.1, 0.15) is 47.5 Å². The van der Waals surface area contributed by atoms with Crippen LogP contribution in [0.3, 0.4) is 0 Å². The van der Waals surface area contributed by atoms with Crippen LogP contribution in [0.15, 0.2) is 11.6 Å². The van der Waals surface area contributed by atoms with Gasteiger partial charge in [0.05, 0.1) is 0 Å². The molecule has 0 heterocycles. The number of carbonyl (C=O) groups is 1. The monoisotopic (exact) mass is 292 g/mol. The molecule has 0 fully saturated rings. The predicted octanol–water partition coefficient (Wildman–Crippen LogP) is 2.63. The molecule has 5 nitrogen and oxygen atoms in total. The van der Waals surface area contributed by atoms with Crippen LogP contribution in [-0.2, 0) is 18.1 Å². The molecule has 0 aromatic rings. The highest BCUT2D eigenvalue weighted by Crippen LogP contribution is 1.96. The van der Waals surface area contributed by atoms with Gasteiger partial charge in [0.25, 0.3) is 0 Å². The van der Waals surface area contributed by atoms with Gasteiger partial charge in [0, 0.05) is 25.4 Å². The van der Waals surface area contributed by atoms with Crippen molar-refractivity contribution < 1.29 is 23.2 Å². The molecule has 0 aromatic heterocycles. The standard InChI is InChI=1S/C7H12O2.C6H16O3Si/c1-3-4-5-6(2)7(8)9;1-4-7-10(8-5-2)9-6-3/h5H,3-4H2,1-2H3,(H,8,9);10H,4-6H2,1-3H3. The van der Waals surface area contributed by atoms with Crippen molar-refractivity contribution in [3.63, 3.8) is 0 Å². The third-order valence-corrected chi connectivity index (χ3v) is 3.80. The summed E-state index contributed by atoms with van der Waals surface area (Å²) in [6.07, 6.45) is 3.60. The molecule has 114 valence electrons. The molecule has 0 aromatic carbocycles. The highest BCUT2D eigenvalue weighted by atomic mass is 28.3. The van der Waals surface area contributed by atoms with E-state index in [4.69, 9.17) is 18.4 Å². The first-order valence-corrected chi connectivity index (χ1v) is 8.19. The number of hydrogen-bond donors (Lipinski definition) is 1. The van der Waals surface area contributed by atoms with Gasteiger partial charge < -0.3 is 18.4 Å². The fraction of sp³-hybridized carbons (Fsp3) is 0.769. The number of rotatable bonds is 9. The number of aliphatic carboxylic acids is 1. The van der Waals surface area contributed by atoms with Crippen LogP contribution in [0.2, 0.25) is 0 Å². The van der Waals surface area contributed by atoms with E-state index in [-0.39, 0.29) is 0 Å². The zero-order valence-corrected chi connectivity index (χ0v) is 13.9. The van der Waals surface area contributed by atoms with Gasteiger partial charge in [0.1, 0.15) is 0 Å². The average Bonchev–Trinajstić information content (AvgIpc) is 2.37. The van der Waals surface area contributed by atoms with E-state index in [0.29, 0.717) is 25.4 Å². The molecule has 0 spiro atoms. The molecule has 0 saturated heterocycles. The molecular weight excluding hydrogens is 264 g/mol. The summed E-state index contributed by atoms with van der Waals surface area (Å²) in [4.78, 5) is 10.1. The molecule has 1 N–H and O–H groups in total. The van der Waals surface area contributed by atoms with Gasteiger partial charge in [-0.1, -0.05) is 19.4 Å². The maximum atomic E-state index is 10.1. The third kappa shape index (κ3) is 15.2. The second-order valence-corrected chi connectivity index (χ2v) is 5.21. The van der Waals surface area contributed by atoms with E-state index in [1.165, 1.54) is 0 Å². The molecule has 19 heavy (non-hydrogen) atoms. The lowest BCUT2D eigenvalue weighted by molar-refractivity contribution is -0.132. The van der Waals surface area contributed by atoms with Crippen molar-refractivity contribution in [2.75, 3.05) is 19.8 Å². The van der Waals surface area contributed by atoms with Crippen LogP contribution in [0.4, 0.5) is 0 Å². The Morgan fingerprint density at radius 2 is 1.47 bits per heavy atom. The Hall–Kier alpha value is -0.693. The first-order valence-electron chi connectivity index (χ1n) is 6.78. The maximum Gasteiger partial charge on any atom is 0.484 e. The van der Waals surface area contributed by atoms with E-state index in [9.17, 15) is 4.79 Å². The number of unbranched alkanes of at least 4 members (excludes halogenated alkanes) is 1. The summed E-state index contributed by atoms with van der Waals surface area (Å²) in [5.74, 6) is -0.816. The minimum absolute atomic E-state index is 0.442. The Bertz CT molecular complexity index is 229. The summed E-state index contributed by atoms with van der Waals surface area (Å²) in [6, 6.07) is 0. The molecule has 0 radical (unpaired) electrons. The smallest absolute Gasteiger partial charge is 0.478 e. The van der Waals surface area contributed by atoms with Crippen LogP contribution in [0, 0.1) is 0 Å². The molecule has 0 unspecified atom stereocenters. The van der Waals surface area contributed by atoms with Crippen molar-refractivity contribution in [1.29, 1.82) is 0 Å². The van der Waals surface area contributed by atoms with E-state index < -0.39 is 15.5 Å². The summed E-state index contributed by atoms with van der Waals surface area (Å²) in [7, 11) is -1.73. The fourth-order valence-corrected chi connectivity index (χ4v) is 2.11. The quantitative estimate of drug-likeness (QED) is 0.523. The zero-order chi connectivity index (χ0) is 15.1. The van der Waals surface area contributed by atoms with Crippen molar-refractivity contribution in [3.8, 4) is 0 Å². The normalized spacial score (nSPS) is 11.2. The molecule has 6 heteroatoms. The molecule has 0 aliphatic rings. The molecular formula is C13H28O5Si. The van der Waals surface area contributed by atoms with Crippen LogP contribution < -0.4 is 0 Å². The number of carboxylic acid groups (broad SMARTS) is 1. The lowest BCUT2D eigenvalue weighted by atomic mass is 10.2. The molecule has 0 bridgehead atoms. The van der Waals surface area contributed by atoms with E-state index in [1.807, 2.05) is 27.7 Å². The van der Waals surface area contributed by atoms with E-state index in [1.54, 1.807) is 13.0 Å². The van der Waals surface area contributed by atoms with Crippen LogP contribution in [-0.4, -0.2) is 40.4 Å². The van der Waals surface area contributed by atoms with E-state index >= 15 is 0 Å². The summed E-state index contributed by atoms with van der Waals surface area (Å²) >= 11 is 0. The van der Waals surface area contributed by atoms with Crippen molar-refractivity contribution in [1.82, 2.24) is 0 Å². The largest absolute Gasteiger partial charge is 0.484 e. The summed E-state index contributed by atoms with van der Waals surface area (Å²) in [5, 5.41) is 8.34. The lowest BCUT2D eigenvalue weighted by Crippen LogP contribution is -2.27. The zero-order valence-electron chi connectivity index (χ0n) is 12.8. The van der Waals surface area contributed by atoms with Gasteiger partial charge in [-0.05, 0) is 34.1 Å². The Labute approximate surface area is 118 Å².